The van der Waals surface area contributed by atoms with Crippen molar-refractivity contribution in [2.24, 2.45) is 5.73 Å². The van der Waals surface area contributed by atoms with Gasteiger partial charge in [-0.15, -0.1) is 0 Å². The number of carbonyl (C=O) groups excluding carboxylic acids is 1. The van der Waals surface area contributed by atoms with Crippen molar-refractivity contribution in [3.63, 3.8) is 0 Å². The zero-order valence-corrected chi connectivity index (χ0v) is 16.3. The standard InChI is InChI=1S/C17H13ClN4O.CH4O3S/c18-11-6-7-14-12(8-11)13(16(23)22-17(19)20)9-15(21-14)10-4-2-1-3-5-10;1-5(2,3)4/h1-9H,(H4,19,20,22,23);1H3,(H,2,3,4). The third-order valence-corrected chi connectivity index (χ3v) is 3.57. The number of guanidine groups is 1. The first kappa shape index (κ1) is 21.3. The van der Waals surface area contributed by atoms with Crippen LogP contribution in [0.1, 0.15) is 10.4 Å². The molecule has 0 aliphatic heterocycles. The highest BCUT2D eigenvalue weighted by Crippen LogP contribution is 2.27. The lowest BCUT2D eigenvalue weighted by molar-refractivity contribution is 0.0978. The van der Waals surface area contributed by atoms with Gasteiger partial charge in [0.25, 0.3) is 16.0 Å². The average molecular weight is 421 g/mol. The molecule has 5 N–H and O–H groups in total. The van der Waals surface area contributed by atoms with Gasteiger partial charge < -0.3 is 5.73 Å². The topological polar surface area (TPSA) is 146 Å². The quantitative estimate of drug-likeness (QED) is 0.285. The summed E-state index contributed by atoms with van der Waals surface area (Å²) in [5.74, 6) is -0.882. The summed E-state index contributed by atoms with van der Waals surface area (Å²) in [6, 6.07) is 16.4. The van der Waals surface area contributed by atoms with E-state index in [0.717, 1.165) is 5.56 Å². The third-order valence-electron chi connectivity index (χ3n) is 3.33. The second-order valence-corrected chi connectivity index (χ2v) is 7.59. The summed E-state index contributed by atoms with van der Waals surface area (Å²) >= 11 is 6.03. The first-order valence-corrected chi connectivity index (χ1v) is 10.0. The number of hydrogen-bond acceptors (Lipinski definition) is 5. The highest BCUT2D eigenvalue weighted by Gasteiger charge is 2.15. The molecule has 1 amide bonds. The fraction of sp³-hybridized carbons (Fsp3) is 0.0556. The van der Waals surface area contributed by atoms with Crippen LogP contribution >= 0.6 is 11.6 Å². The maximum absolute atomic E-state index is 12.4. The number of pyridine rings is 1. The summed E-state index contributed by atoms with van der Waals surface area (Å²) in [5.41, 5.74) is 7.82. The number of fused-ring (bicyclic) bond motifs is 1. The van der Waals surface area contributed by atoms with Crippen LogP contribution in [0.2, 0.25) is 5.02 Å². The van der Waals surface area contributed by atoms with E-state index >= 15 is 0 Å². The van der Waals surface area contributed by atoms with Gasteiger partial charge in [0.05, 0.1) is 23.0 Å². The van der Waals surface area contributed by atoms with Crippen molar-refractivity contribution in [3.8, 4) is 11.3 Å². The van der Waals surface area contributed by atoms with Crippen LogP contribution in [-0.4, -0.2) is 36.1 Å². The Labute approximate surface area is 166 Å². The summed E-state index contributed by atoms with van der Waals surface area (Å²) in [4.78, 5) is 16.9. The van der Waals surface area contributed by atoms with Crippen molar-refractivity contribution in [1.29, 1.82) is 5.41 Å². The van der Waals surface area contributed by atoms with E-state index in [-0.39, 0.29) is 0 Å². The first-order valence-electron chi connectivity index (χ1n) is 7.78. The molecule has 0 saturated heterocycles. The van der Waals surface area contributed by atoms with Crippen molar-refractivity contribution < 1.29 is 17.8 Å². The molecule has 0 spiro atoms. The van der Waals surface area contributed by atoms with Gasteiger partial charge in [-0.1, -0.05) is 41.9 Å². The van der Waals surface area contributed by atoms with Crippen molar-refractivity contribution in [1.82, 2.24) is 10.3 Å². The highest BCUT2D eigenvalue weighted by atomic mass is 35.5. The molecular weight excluding hydrogens is 404 g/mol. The molecule has 3 rings (SSSR count). The monoisotopic (exact) mass is 420 g/mol. The lowest BCUT2D eigenvalue weighted by atomic mass is 10.0. The van der Waals surface area contributed by atoms with Gasteiger partial charge in [-0.3, -0.25) is 20.1 Å². The zero-order chi connectivity index (χ0) is 20.9. The summed E-state index contributed by atoms with van der Waals surface area (Å²) in [6.07, 6.45) is 0.715. The molecule has 0 saturated carbocycles. The Hall–Kier alpha value is -3.01. The van der Waals surface area contributed by atoms with Crippen molar-refractivity contribution >= 4 is 44.5 Å². The maximum Gasteiger partial charge on any atom is 0.261 e. The Morgan fingerprint density at radius 3 is 2.36 bits per heavy atom. The van der Waals surface area contributed by atoms with Crippen LogP contribution in [0.4, 0.5) is 0 Å². The predicted octanol–water partition coefficient (Wildman–Crippen LogP) is 2.68. The van der Waals surface area contributed by atoms with E-state index in [9.17, 15) is 13.2 Å². The Bertz CT molecular complexity index is 1130. The van der Waals surface area contributed by atoms with E-state index in [0.29, 0.717) is 33.4 Å². The van der Waals surface area contributed by atoms with E-state index in [4.69, 9.17) is 27.3 Å². The van der Waals surface area contributed by atoms with Gasteiger partial charge >= 0.3 is 0 Å². The van der Waals surface area contributed by atoms with E-state index in [2.05, 4.69) is 10.3 Å². The summed E-state index contributed by atoms with van der Waals surface area (Å²) in [7, 11) is -3.67. The lowest BCUT2D eigenvalue weighted by Crippen LogP contribution is -2.35. The van der Waals surface area contributed by atoms with Crippen LogP contribution in [0.25, 0.3) is 22.2 Å². The summed E-state index contributed by atoms with van der Waals surface area (Å²) in [5, 5.41) is 10.7. The second kappa shape index (κ2) is 8.79. The Balaban J connectivity index is 0.000000500. The largest absolute Gasteiger partial charge is 0.370 e. The molecule has 8 nitrogen and oxygen atoms in total. The number of amides is 1. The van der Waals surface area contributed by atoms with E-state index in [1.54, 1.807) is 24.3 Å². The van der Waals surface area contributed by atoms with Gasteiger partial charge in [-0.25, -0.2) is 4.98 Å². The minimum Gasteiger partial charge on any atom is -0.370 e. The van der Waals surface area contributed by atoms with E-state index in [1.807, 2.05) is 30.3 Å². The van der Waals surface area contributed by atoms with Crippen LogP contribution in [0, 0.1) is 5.41 Å². The number of halogens is 1. The third kappa shape index (κ3) is 6.31. The van der Waals surface area contributed by atoms with Crippen LogP contribution in [-0.2, 0) is 10.1 Å². The number of hydrogen-bond donors (Lipinski definition) is 4. The molecule has 3 aromatic rings. The first-order chi connectivity index (χ1) is 13.0. The normalized spacial score (nSPS) is 10.7. The van der Waals surface area contributed by atoms with E-state index < -0.39 is 22.0 Å². The van der Waals surface area contributed by atoms with Crippen LogP contribution in [0.3, 0.4) is 0 Å². The second-order valence-electron chi connectivity index (χ2n) is 5.68. The number of nitrogens with zero attached hydrogens (tertiary/aromatic N) is 1. The fourth-order valence-electron chi connectivity index (χ4n) is 2.33. The molecule has 0 bridgehead atoms. The molecular formula is C18H17ClN4O4S. The SMILES string of the molecule is CS(=O)(=O)O.N=C(N)NC(=O)c1cc(-c2ccccc2)nc2ccc(Cl)cc12. The Kier molecular flexibility index (Phi) is 6.68. The molecule has 1 heterocycles. The van der Waals surface area contributed by atoms with Crippen LogP contribution < -0.4 is 11.1 Å². The number of aromatic nitrogens is 1. The molecule has 0 radical (unpaired) electrons. The van der Waals surface area contributed by atoms with Gasteiger partial charge in [0.2, 0.25) is 0 Å². The molecule has 0 atom stereocenters. The zero-order valence-electron chi connectivity index (χ0n) is 14.7. The molecule has 10 heteroatoms. The summed E-state index contributed by atoms with van der Waals surface area (Å²) in [6.45, 7) is 0. The summed E-state index contributed by atoms with van der Waals surface area (Å²) < 4.78 is 25.9. The minimum absolute atomic E-state index is 0.367. The van der Waals surface area contributed by atoms with Crippen LogP contribution in [0.5, 0.6) is 0 Å². The van der Waals surface area contributed by atoms with Crippen molar-refractivity contribution in [2.75, 3.05) is 6.26 Å². The number of nitrogens with one attached hydrogen (secondary N) is 2. The van der Waals surface area contributed by atoms with Crippen molar-refractivity contribution in [2.45, 2.75) is 0 Å². The molecule has 146 valence electrons. The lowest BCUT2D eigenvalue weighted by Gasteiger charge is -2.10. The van der Waals surface area contributed by atoms with Gasteiger partial charge in [-0.05, 0) is 24.3 Å². The fourth-order valence-corrected chi connectivity index (χ4v) is 2.50. The van der Waals surface area contributed by atoms with Gasteiger partial charge in [0.15, 0.2) is 5.96 Å². The molecule has 0 fully saturated rings. The molecule has 2 aromatic carbocycles. The minimum atomic E-state index is -3.67. The van der Waals surface area contributed by atoms with Gasteiger partial charge in [-0.2, -0.15) is 8.42 Å². The molecule has 28 heavy (non-hydrogen) atoms. The number of carbonyl (C=O) groups is 1. The smallest absolute Gasteiger partial charge is 0.261 e. The number of rotatable bonds is 2. The molecule has 0 aliphatic rings. The predicted molar refractivity (Wildman–Crippen MR) is 109 cm³/mol. The number of benzene rings is 2. The Morgan fingerprint density at radius 1 is 1.18 bits per heavy atom. The molecule has 0 unspecified atom stereocenters. The maximum atomic E-state index is 12.4. The molecule has 1 aromatic heterocycles. The van der Waals surface area contributed by atoms with Gasteiger partial charge in [0.1, 0.15) is 0 Å². The van der Waals surface area contributed by atoms with Gasteiger partial charge in [0, 0.05) is 16.0 Å². The molecule has 0 aliphatic carbocycles. The number of nitrogens with two attached hydrogens (primary N) is 1. The van der Waals surface area contributed by atoms with E-state index in [1.165, 1.54) is 0 Å². The van der Waals surface area contributed by atoms with Crippen molar-refractivity contribution in [3.05, 3.63) is 65.2 Å². The highest BCUT2D eigenvalue weighted by molar-refractivity contribution is 7.85. The average Bonchev–Trinajstić information content (AvgIpc) is 2.59. The van der Waals surface area contributed by atoms with Crippen LogP contribution in [0.15, 0.2) is 54.6 Å². The Morgan fingerprint density at radius 2 is 1.79 bits per heavy atom.